The second-order valence-corrected chi connectivity index (χ2v) is 5.96. The Labute approximate surface area is 131 Å². The zero-order valence-electron chi connectivity index (χ0n) is 12.7. The van der Waals surface area contributed by atoms with Crippen molar-refractivity contribution >= 4 is 6.08 Å². The summed E-state index contributed by atoms with van der Waals surface area (Å²) >= 11 is 0. The van der Waals surface area contributed by atoms with Crippen LogP contribution in [0.2, 0.25) is 0 Å². The number of allylic oxidation sites excluding steroid dienone is 1. The predicted molar refractivity (Wildman–Crippen MR) is 94.7 cm³/mol. The lowest BCUT2D eigenvalue weighted by Gasteiger charge is -2.13. The van der Waals surface area contributed by atoms with Crippen LogP contribution < -0.4 is 0 Å². The van der Waals surface area contributed by atoms with Crippen LogP contribution in [0, 0.1) is 0 Å². The third kappa shape index (κ3) is 2.17. The molecule has 22 heavy (non-hydrogen) atoms. The van der Waals surface area contributed by atoms with Crippen molar-refractivity contribution in [1.29, 1.82) is 0 Å². The van der Waals surface area contributed by atoms with E-state index in [0.717, 1.165) is 6.42 Å². The van der Waals surface area contributed by atoms with Crippen molar-refractivity contribution in [3.05, 3.63) is 89.5 Å². The van der Waals surface area contributed by atoms with E-state index in [9.17, 15) is 0 Å². The van der Waals surface area contributed by atoms with E-state index in [1.54, 1.807) is 0 Å². The number of fused-ring (bicyclic) bond motifs is 1. The van der Waals surface area contributed by atoms with E-state index < -0.39 is 0 Å². The summed E-state index contributed by atoms with van der Waals surface area (Å²) in [5.41, 5.74) is 9.51. The van der Waals surface area contributed by atoms with Crippen molar-refractivity contribution in [3.63, 3.8) is 0 Å². The Hall–Kier alpha value is -2.60. The predicted octanol–water partition coefficient (Wildman–Crippen LogP) is 5.98. The Morgan fingerprint density at radius 2 is 1.32 bits per heavy atom. The van der Waals surface area contributed by atoms with Gasteiger partial charge in [0.05, 0.1) is 0 Å². The van der Waals surface area contributed by atoms with Crippen molar-refractivity contribution in [1.82, 2.24) is 0 Å². The number of benzene rings is 3. The molecule has 0 saturated heterocycles. The van der Waals surface area contributed by atoms with Crippen LogP contribution >= 0.6 is 0 Å². The summed E-state index contributed by atoms with van der Waals surface area (Å²) in [6.45, 7) is 2.22. The van der Waals surface area contributed by atoms with Gasteiger partial charge in [-0.05, 0) is 46.7 Å². The minimum Gasteiger partial charge on any atom is -0.0683 e. The first-order chi connectivity index (χ1) is 10.8. The van der Waals surface area contributed by atoms with E-state index in [1.807, 2.05) is 0 Å². The van der Waals surface area contributed by atoms with E-state index in [-0.39, 0.29) is 0 Å². The summed E-state index contributed by atoms with van der Waals surface area (Å²) in [4.78, 5) is 0. The van der Waals surface area contributed by atoms with Gasteiger partial charge < -0.3 is 0 Å². The number of hydrogen-bond acceptors (Lipinski definition) is 0. The smallest absolute Gasteiger partial charge is 0.00604 e. The molecule has 0 aromatic heterocycles. The SMILES string of the molecule is CC1=Cc2c(cccc2-c2ccccc2-c2ccccc2)C1. The lowest BCUT2D eigenvalue weighted by molar-refractivity contribution is 1.20. The van der Waals surface area contributed by atoms with Crippen LogP contribution in [0.25, 0.3) is 28.3 Å². The summed E-state index contributed by atoms with van der Waals surface area (Å²) in [6, 6.07) is 26.0. The Bertz CT molecular complexity index is 854. The zero-order valence-corrected chi connectivity index (χ0v) is 12.7. The highest BCUT2D eigenvalue weighted by Gasteiger charge is 2.16. The van der Waals surface area contributed by atoms with Gasteiger partial charge in [-0.1, -0.05) is 84.4 Å². The first-order valence-electron chi connectivity index (χ1n) is 7.77. The Kier molecular flexibility index (Phi) is 3.16. The highest BCUT2D eigenvalue weighted by Crippen LogP contribution is 2.38. The van der Waals surface area contributed by atoms with Gasteiger partial charge >= 0.3 is 0 Å². The van der Waals surface area contributed by atoms with E-state index >= 15 is 0 Å². The van der Waals surface area contributed by atoms with Gasteiger partial charge in [0.1, 0.15) is 0 Å². The third-order valence-corrected chi connectivity index (χ3v) is 4.36. The van der Waals surface area contributed by atoms with Crippen LogP contribution in [0.1, 0.15) is 18.1 Å². The van der Waals surface area contributed by atoms with Crippen LogP contribution in [0.3, 0.4) is 0 Å². The first kappa shape index (κ1) is 13.1. The van der Waals surface area contributed by atoms with E-state index in [1.165, 1.54) is 39.0 Å². The van der Waals surface area contributed by atoms with Crippen LogP contribution in [0.15, 0.2) is 78.4 Å². The van der Waals surface area contributed by atoms with Gasteiger partial charge in [0.25, 0.3) is 0 Å². The monoisotopic (exact) mass is 282 g/mol. The van der Waals surface area contributed by atoms with Gasteiger partial charge in [0, 0.05) is 0 Å². The van der Waals surface area contributed by atoms with Gasteiger partial charge in [-0.15, -0.1) is 0 Å². The second-order valence-electron chi connectivity index (χ2n) is 5.96. The molecule has 0 atom stereocenters. The molecule has 0 N–H and O–H groups in total. The molecule has 0 spiro atoms. The summed E-state index contributed by atoms with van der Waals surface area (Å²) in [6.07, 6.45) is 3.42. The van der Waals surface area contributed by atoms with Gasteiger partial charge in [-0.3, -0.25) is 0 Å². The lowest BCUT2D eigenvalue weighted by Crippen LogP contribution is -1.90. The van der Waals surface area contributed by atoms with Crippen molar-refractivity contribution in [2.75, 3.05) is 0 Å². The molecule has 0 saturated carbocycles. The molecular formula is C22H18. The minimum atomic E-state index is 1.08. The van der Waals surface area contributed by atoms with Gasteiger partial charge in [-0.25, -0.2) is 0 Å². The van der Waals surface area contributed by atoms with Crippen molar-refractivity contribution < 1.29 is 0 Å². The summed E-state index contributed by atoms with van der Waals surface area (Å²) < 4.78 is 0. The average molecular weight is 282 g/mol. The minimum absolute atomic E-state index is 1.08. The van der Waals surface area contributed by atoms with Crippen LogP contribution in [0.4, 0.5) is 0 Å². The molecule has 0 aliphatic heterocycles. The molecule has 3 aromatic rings. The highest BCUT2D eigenvalue weighted by molar-refractivity contribution is 5.89. The molecule has 0 radical (unpaired) electrons. The van der Waals surface area contributed by atoms with Gasteiger partial charge in [0.15, 0.2) is 0 Å². The maximum atomic E-state index is 2.34. The van der Waals surface area contributed by atoms with Crippen molar-refractivity contribution in [3.8, 4) is 22.3 Å². The Morgan fingerprint density at radius 1 is 0.636 bits per heavy atom. The molecule has 0 unspecified atom stereocenters. The van der Waals surface area contributed by atoms with E-state index in [4.69, 9.17) is 0 Å². The molecule has 0 fully saturated rings. The van der Waals surface area contributed by atoms with Crippen LogP contribution in [-0.2, 0) is 6.42 Å². The molecule has 1 aliphatic rings. The van der Waals surface area contributed by atoms with Crippen LogP contribution in [0.5, 0.6) is 0 Å². The van der Waals surface area contributed by atoms with Crippen molar-refractivity contribution in [2.45, 2.75) is 13.3 Å². The molecule has 106 valence electrons. The second kappa shape index (κ2) is 5.31. The first-order valence-corrected chi connectivity index (χ1v) is 7.77. The molecular weight excluding hydrogens is 264 g/mol. The van der Waals surface area contributed by atoms with Gasteiger partial charge in [-0.2, -0.15) is 0 Å². The summed E-state index contributed by atoms with van der Waals surface area (Å²) in [5.74, 6) is 0. The van der Waals surface area contributed by atoms with Crippen molar-refractivity contribution in [2.24, 2.45) is 0 Å². The normalized spacial score (nSPS) is 12.9. The maximum Gasteiger partial charge on any atom is -0.00604 e. The molecule has 1 aliphatic carbocycles. The molecule has 0 heterocycles. The molecule has 0 bridgehead atoms. The fourth-order valence-corrected chi connectivity index (χ4v) is 3.36. The average Bonchev–Trinajstić information content (AvgIpc) is 2.96. The number of hydrogen-bond donors (Lipinski definition) is 0. The fraction of sp³-hybridized carbons (Fsp3) is 0.0909. The number of rotatable bonds is 2. The Morgan fingerprint density at radius 3 is 2.14 bits per heavy atom. The summed E-state index contributed by atoms with van der Waals surface area (Å²) in [7, 11) is 0. The highest BCUT2D eigenvalue weighted by atomic mass is 14.2. The fourth-order valence-electron chi connectivity index (χ4n) is 3.36. The standard InChI is InChI=1S/C22H18/c1-16-14-18-10-7-13-21(22(18)15-16)20-12-6-5-11-19(20)17-8-3-2-4-9-17/h2-13,15H,14H2,1H3. The lowest BCUT2D eigenvalue weighted by atomic mass is 9.91. The van der Waals surface area contributed by atoms with Crippen LogP contribution in [-0.4, -0.2) is 0 Å². The quantitative estimate of drug-likeness (QED) is 0.542. The zero-order chi connectivity index (χ0) is 14.9. The Balaban J connectivity index is 1.95. The summed E-state index contributed by atoms with van der Waals surface area (Å²) in [5, 5.41) is 0. The molecule has 4 rings (SSSR count). The molecule has 0 amide bonds. The molecule has 0 nitrogen and oxygen atoms in total. The maximum absolute atomic E-state index is 2.34. The van der Waals surface area contributed by atoms with E-state index in [2.05, 4.69) is 85.8 Å². The topological polar surface area (TPSA) is 0 Å². The molecule has 0 heteroatoms. The van der Waals surface area contributed by atoms with Gasteiger partial charge in [0.2, 0.25) is 0 Å². The van der Waals surface area contributed by atoms with E-state index in [0.29, 0.717) is 0 Å². The largest absolute Gasteiger partial charge is 0.0683 e. The molecule has 3 aromatic carbocycles. The third-order valence-electron chi connectivity index (χ3n) is 4.36.